The molecule has 0 radical (unpaired) electrons. The molecular weight excluding hydrogens is 305 g/mol. The first-order valence-corrected chi connectivity index (χ1v) is 8.78. The molecule has 130 valence electrons. The van der Waals surface area contributed by atoms with E-state index >= 15 is 0 Å². The minimum absolute atomic E-state index is 0.222. The van der Waals surface area contributed by atoms with Gasteiger partial charge in [0.1, 0.15) is 12.4 Å². The Morgan fingerprint density at radius 2 is 2.04 bits per heavy atom. The third kappa shape index (κ3) is 3.96. The summed E-state index contributed by atoms with van der Waals surface area (Å²) in [6, 6.07) is 7.47. The number of benzene rings is 1. The first-order valence-electron chi connectivity index (χ1n) is 8.78. The normalized spacial score (nSPS) is 15.6. The molecule has 0 spiro atoms. The van der Waals surface area contributed by atoms with Crippen LogP contribution < -0.4 is 10.1 Å². The second-order valence-corrected chi connectivity index (χ2v) is 6.62. The van der Waals surface area contributed by atoms with Gasteiger partial charge in [0.15, 0.2) is 0 Å². The molecule has 1 aliphatic rings. The van der Waals surface area contributed by atoms with E-state index in [0.29, 0.717) is 18.2 Å². The average molecular weight is 331 g/mol. The highest BCUT2D eigenvalue weighted by atomic mass is 19.1. The van der Waals surface area contributed by atoms with Crippen molar-refractivity contribution in [3.05, 3.63) is 46.9 Å². The number of aryl methyl sites for hydroxylation is 1. The number of aromatic nitrogens is 2. The van der Waals surface area contributed by atoms with Crippen molar-refractivity contribution in [1.29, 1.82) is 0 Å². The van der Waals surface area contributed by atoms with Crippen LogP contribution in [0.1, 0.15) is 55.0 Å². The van der Waals surface area contributed by atoms with Gasteiger partial charge >= 0.3 is 0 Å². The molecule has 24 heavy (non-hydrogen) atoms. The number of halogens is 1. The van der Waals surface area contributed by atoms with Crippen LogP contribution in [0.25, 0.3) is 0 Å². The standard InChI is InChI=1S/C19H26FN3O/c1-14-8-9-18(20)15(10-14)13-24-19-11-16(12-21-2)22-23(19)17-6-4-3-5-7-17/h8-11,17,21H,3-7,12-13H2,1-2H3. The number of nitrogens with one attached hydrogen (secondary N) is 1. The Balaban J connectivity index is 1.79. The Morgan fingerprint density at radius 1 is 1.25 bits per heavy atom. The molecule has 5 heteroatoms. The summed E-state index contributed by atoms with van der Waals surface area (Å²) in [6.45, 7) is 2.89. The predicted octanol–water partition coefficient (Wildman–Crippen LogP) is 4.13. The van der Waals surface area contributed by atoms with Crippen molar-refractivity contribution < 1.29 is 9.13 Å². The van der Waals surface area contributed by atoms with E-state index in [1.165, 1.54) is 25.3 Å². The second kappa shape index (κ2) is 7.79. The number of ether oxygens (including phenoxy) is 1. The van der Waals surface area contributed by atoms with Crippen molar-refractivity contribution in [1.82, 2.24) is 15.1 Å². The molecule has 1 aromatic heterocycles. The van der Waals surface area contributed by atoms with Gasteiger partial charge in [-0.1, -0.05) is 30.9 Å². The molecule has 1 aromatic carbocycles. The summed E-state index contributed by atoms with van der Waals surface area (Å²) < 4.78 is 21.9. The quantitative estimate of drug-likeness (QED) is 0.865. The van der Waals surface area contributed by atoms with Crippen molar-refractivity contribution in [3.63, 3.8) is 0 Å². The van der Waals surface area contributed by atoms with Gasteiger partial charge in [-0.25, -0.2) is 9.07 Å². The third-order valence-electron chi connectivity index (χ3n) is 4.61. The van der Waals surface area contributed by atoms with E-state index in [2.05, 4.69) is 5.32 Å². The van der Waals surface area contributed by atoms with Gasteiger partial charge < -0.3 is 10.1 Å². The maximum absolute atomic E-state index is 13.9. The van der Waals surface area contributed by atoms with E-state index in [1.54, 1.807) is 6.07 Å². The number of hydrogen-bond donors (Lipinski definition) is 1. The van der Waals surface area contributed by atoms with E-state index in [0.717, 1.165) is 30.0 Å². The fraction of sp³-hybridized carbons (Fsp3) is 0.526. The van der Waals surface area contributed by atoms with Crippen LogP contribution >= 0.6 is 0 Å². The summed E-state index contributed by atoms with van der Waals surface area (Å²) in [6.07, 6.45) is 6.03. The van der Waals surface area contributed by atoms with Gasteiger partial charge in [-0.15, -0.1) is 0 Å². The summed E-state index contributed by atoms with van der Waals surface area (Å²) in [7, 11) is 1.91. The molecule has 4 nitrogen and oxygen atoms in total. The zero-order valence-corrected chi connectivity index (χ0v) is 14.5. The van der Waals surface area contributed by atoms with Crippen molar-refractivity contribution in [3.8, 4) is 5.88 Å². The molecule has 0 amide bonds. The lowest BCUT2D eigenvalue weighted by Gasteiger charge is -2.23. The van der Waals surface area contributed by atoms with Gasteiger partial charge in [-0.05, 0) is 38.9 Å². The highest BCUT2D eigenvalue weighted by Crippen LogP contribution is 2.32. The van der Waals surface area contributed by atoms with Crippen molar-refractivity contribution in [2.45, 2.75) is 58.2 Å². The number of nitrogens with zero attached hydrogens (tertiary/aromatic N) is 2. The van der Waals surface area contributed by atoms with Gasteiger partial charge in [-0.2, -0.15) is 5.10 Å². The summed E-state index contributed by atoms with van der Waals surface area (Å²) in [5.74, 6) is 0.521. The van der Waals surface area contributed by atoms with Gasteiger partial charge in [0.25, 0.3) is 0 Å². The monoisotopic (exact) mass is 331 g/mol. The minimum atomic E-state index is -0.222. The Bertz CT molecular complexity index is 677. The van der Waals surface area contributed by atoms with E-state index in [1.807, 2.05) is 30.8 Å². The zero-order valence-electron chi connectivity index (χ0n) is 14.5. The van der Waals surface area contributed by atoms with Gasteiger partial charge in [0.2, 0.25) is 5.88 Å². The molecule has 0 saturated heterocycles. The molecule has 0 bridgehead atoms. The van der Waals surface area contributed by atoms with Crippen LogP contribution in [0, 0.1) is 12.7 Å². The second-order valence-electron chi connectivity index (χ2n) is 6.62. The van der Waals surface area contributed by atoms with E-state index < -0.39 is 0 Å². The predicted molar refractivity (Wildman–Crippen MR) is 92.6 cm³/mol. The van der Waals surface area contributed by atoms with Gasteiger partial charge in [0.05, 0.1) is 11.7 Å². The van der Waals surface area contributed by atoms with Crippen LogP contribution in [0.5, 0.6) is 5.88 Å². The fourth-order valence-electron chi connectivity index (χ4n) is 3.35. The smallest absolute Gasteiger partial charge is 0.212 e. The first-order chi connectivity index (χ1) is 11.7. The van der Waals surface area contributed by atoms with Crippen LogP contribution in [0.4, 0.5) is 4.39 Å². The molecular formula is C19H26FN3O. The van der Waals surface area contributed by atoms with Crippen LogP contribution in [0.3, 0.4) is 0 Å². The summed E-state index contributed by atoms with van der Waals surface area (Å²) in [4.78, 5) is 0. The molecule has 1 N–H and O–H groups in total. The fourth-order valence-corrected chi connectivity index (χ4v) is 3.35. The lowest BCUT2D eigenvalue weighted by atomic mass is 9.96. The van der Waals surface area contributed by atoms with Crippen molar-refractivity contribution >= 4 is 0 Å². The topological polar surface area (TPSA) is 39.1 Å². The maximum atomic E-state index is 13.9. The Kier molecular flexibility index (Phi) is 5.51. The van der Waals surface area contributed by atoms with Crippen LogP contribution in [0.2, 0.25) is 0 Å². The van der Waals surface area contributed by atoms with Gasteiger partial charge in [0, 0.05) is 18.2 Å². The number of rotatable bonds is 6. The van der Waals surface area contributed by atoms with Gasteiger partial charge in [-0.3, -0.25) is 0 Å². The highest BCUT2D eigenvalue weighted by molar-refractivity contribution is 5.24. The highest BCUT2D eigenvalue weighted by Gasteiger charge is 2.21. The lowest BCUT2D eigenvalue weighted by molar-refractivity contribution is 0.235. The lowest BCUT2D eigenvalue weighted by Crippen LogP contribution is -2.16. The third-order valence-corrected chi connectivity index (χ3v) is 4.61. The largest absolute Gasteiger partial charge is 0.473 e. The molecule has 1 fully saturated rings. The molecule has 0 atom stereocenters. The Labute approximate surface area is 143 Å². The molecule has 1 saturated carbocycles. The van der Waals surface area contributed by atoms with Crippen LogP contribution in [0.15, 0.2) is 24.3 Å². The minimum Gasteiger partial charge on any atom is -0.473 e. The van der Waals surface area contributed by atoms with E-state index in [-0.39, 0.29) is 12.4 Å². The number of hydrogen-bond acceptors (Lipinski definition) is 3. The van der Waals surface area contributed by atoms with Crippen LogP contribution in [-0.4, -0.2) is 16.8 Å². The molecule has 1 heterocycles. The maximum Gasteiger partial charge on any atom is 0.212 e. The zero-order chi connectivity index (χ0) is 16.9. The average Bonchev–Trinajstić information content (AvgIpc) is 3.00. The van der Waals surface area contributed by atoms with E-state index in [9.17, 15) is 4.39 Å². The van der Waals surface area contributed by atoms with Crippen molar-refractivity contribution in [2.75, 3.05) is 7.05 Å². The molecule has 0 unspecified atom stereocenters. The molecule has 3 rings (SSSR count). The van der Waals surface area contributed by atoms with Crippen LogP contribution in [-0.2, 0) is 13.2 Å². The summed E-state index contributed by atoms with van der Waals surface area (Å²) >= 11 is 0. The molecule has 0 aliphatic heterocycles. The Morgan fingerprint density at radius 3 is 2.79 bits per heavy atom. The SMILES string of the molecule is CNCc1cc(OCc2cc(C)ccc2F)n(C2CCCCC2)n1. The van der Waals surface area contributed by atoms with E-state index in [4.69, 9.17) is 9.84 Å². The Hall–Kier alpha value is -1.88. The molecule has 2 aromatic rings. The molecule has 1 aliphatic carbocycles. The first kappa shape index (κ1) is 17.0. The summed E-state index contributed by atoms with van der Waals surface area (Å²) in [5, 5.41) is 7.84. The summed E-state index contributed by atoms with van der Waals surface area (Å²) in [5.41, 5.74) is 2.58. The van der Waals surface area contributed by atoms with Crippen molar-refractivity contribution in [2.24, 2.45) is 0 Å².